The zero-order valence-corrected chi connectivity index (χ0v) is 16.3. The number of aromatic nitrogens is 2. The molecule has 2 aromatic carbocycles. The van der Waals surface area contributed by atoms with Crippen molar-refractivity contribution in [1.29, 1.82) is 0 Å². The van der Waals surface area contributed by atoms with E-state index in [1.165, 1.54) is 13.2 Å². The number of aryl methyl sites for hydroxylation is 1. The van der Waals surface area contributed by atoms with E-state index < -0.39 is 18.5 Å². The summed E-state index contributed by atoms with van der Waals surface area (Å²) < 4.78 is 10.1. The molecule has 9 heteroatoms. The average molecular weight is 416 g/mol. The van der Waals surface area contributed by atoms with Crippen molar-refractivity contribution in [2.24, 2.45) is 0 Å². The Morgan fingerprint density at radius 1 is 1.21 bits per heavy atom. The standard InChI is InChI=1S/C20H18ClN3O5/c1-28-16-7-6-12(21)10-15(16)23-18(25)11-29-19(26)9-8-17-22-14-5-3-2-4-13(14)20(27)24-17/h2-7,10H,8-9,11H2,1H3,(H,23,25)(H,22,24,27). The summed E-state index contributed by atoms with van der Waals surface area (Å²) in [5.41, 5.74) is 0.655. The van der Waals surface area contributed by atoms with Gasteiger partial charge in [-0.1, -0.05) is 23.7 Å². The van der Waals surface area contributed by atoms with E-state index in [2.05, 4.69) is 15.3 Å². The first-order valence-corrected chi connectivity index (χ1v) is 9.11. The molecule has 0 atom stereocenters. The highest BCUT2D eigenvalue weighted by Crippen LogP contribution is 2.27. The van der Waals surface area contributed by atoms with Crippen LogP contribution in [0, 0.1) is 0 Å². The Balaban J connectivity index is 1.52. The molecule has 3 aromatic rings. The van der Waals surface area contributed by atoms with Gasteiger partial charge < -0.3 is 19.8 Å². The number of hydrogen-bond acceptors (Lipinski definition) is 6. The first-order valence-electron chi connectivity index (χ1n) is 8.73. The smallest absolute Gasteiger partial charge is 0.306 e. The van der Waals surface area contributed by atoms with E-state index in [1.54, 1.807) is 36.4 Å². The number of hydrogen-bond donors (Lipinski definition) is 2. The molecule has 0 saturated carbocycles. The average Bonchev–Trinajstić information content (AvgIpc) is 2.71. The summed E-state index contributed by atoms with van der Waals surface area (Å²) in [5, 5.41) is 3.48. The lowest BCUT2D eigenvalue weighted by atomic mass is 10.2. The quantitative estimate of drug-likeness (QED) is 0.574. The van der Waals surface area contributed by atoms with Crippen molar-refractivity contribution in [1.82, 2.24) is 9.97 Å². The fraction of sp³-hybridized carbons (Fsp3) is 0.200. The summed E-state index contributed by atoms with van der Waals surface area (Å²) in [6.45, 7) is -0.462. The minimum Gasteiger partial charge on any atom is -0.495 e. The van der Waals surface area contributed by atoms with Crippen LogP contribution in [0.25, 0.3) is 10.9 Å². The summed E-state index contributed by atoms with van der Waals surface area (Å²) >= 11 is 5.91. The van der Waals surface area contributed by atoms with Crippen molar-refractivity contribution in [2.45, 2.75) is 12.8 Å². The number of aromatic amines is 1. The SMILES string of the molecule is COc1ccc(Cl)cc1NC(=O)COC(=O)CCc1nc2ccccc2c(=O)[nH]1. The Bertz CT molecular complexity index is 1110. The summed E-state index contributed by atoms with van der Waals surface area (Å²) in [6.07, 6.45) is 0.150. The van der Waals surface area contributed by atoms with Crippen LogP contribution in [0.3, 0.4) is 0 Å². The molecule has 2 N–H and O–H groups in total. The Morgan fingerprint density at radius 3 is 2.79 bits per heavy atom. The number of amides is 1. The highest BCUT2D eigenvalue weighted by Gasteiger charge is 2.12. The van der Waals surface area contributed by atoms with E-state index in [0.717, 1.165) is 0 Å². The van der Waals surface area contributed by atoms with Gasteiger partial charge >= 0.3 is 5.97 Å². The molecule has 1 amide bonds. The van der Waals surface area contributed by atoms with Crippen molar-refractivity contribution in [3.05, 3.63) is 63.7 Å². The zero-order chi connectivity index (χ0) is 20.8. The predicted octanol–water partition coefficient (Wildman–Crippen LogP) is 2.70. The summed E-state index contributed by atoms with van der Waals surface area (Å²) in [6, 6.07) is 11.7. The number of carbonyl (C=O) groups is 2. The number of anilines is 1. The molecule has 3 rings (SSSR count). The molecule has 150 valence electrons. The molecule has 0 radical (unpaired) electrons. The third kappa shape index (κ3) is 5.32. The third-order valence-electron chi connectivity index (χ3n) is 4.03. The van der Waals surface area contributed by atoms with Crippen LogP contribution >= 0.6 is 11.6 Å². The lowest BCUT2D eigenvalue weighted by Gasteiger charge is -2.10. The number of esters is 1. The number of H-pyrrole nitrogens is 1. The molecule has 0 bridgehead atoms. The maximum atomic E-state index is 12.0. The lowest BCUT2D eigenvalue weighted by Crippen LogP contribution is -2.21. The number of ether oxygens (including phenoxy) is 2. The maximum absolute atomic E-state index is 12.0. The number of para-hydroxylation sites is 1. The van der Waals surface area contributed by atoms with Crippen LogP contribution in [0.5, 0.6) is 5.75 Å². The highest BCUT2D eigenvalue weighted by atomic mass is 35.5. The van der Waals surface area contributed by atoms with E-state index in [-0.39, 0.29) is 18.4 Å². The monoisotopic (exact) mass is 415 g/mol. The largest absolute Gasteiger partial charge is 0.495 e. The molecule has 0 aliphatic carbocycles. The van der Waals surface area contributed by atoms with Gasteiger partial charge in [0.25, 0.3) is 11.5 Å². The molecule has 0 spiro atoms. The van der Waals surface area contributed by atoms with Crippen LogP contribution in [0.1, 0.15) is 12.2 Å². The minimum absolute atomic E-state index is 0.0327. The fourth-order valence-corrected chi connectivity index (χ4v) is 2.83. The van der Waals surface area contributed by atoms with Crippen molar-refractivity contribution in [2.75, 3.05) is 19.0 Å². The fourth-order valence-electron chi connectivity index (χ4n) is 2.66. The topological polar surface area (TPSA) is 110 Å². The molecule has 0 fully saturated rings. The number of benzene rings is 2. The van der Waals surface area contributed by atoms with E-state index in [0.29, 0.717) is 33.2 Å². The van der Waals surface area contributed by atoms with Gasteiger partial charge in [-0.25, -0.2) is 4.98 Å². The summed E-state index contributed by atoms with van der Waals surface area (Å²) in [5.74, 6) is -0.315. The first kappa shape index (κ1) is 20.3. The molecular weight excluding hydrogens is 398 g/mol. The van der Waals surface area contributed by atoms with Crippen LogP contribution in [0.15, 0.2) is 47.3 Å². The summed E-state index contributed by atoms with van der Waals surface area (Å²) in [7, 11) is 1.46. The second kappa shape index (κ2) is 9.20. The van der Waals surface area contributed by atoms with Gasteiger partial charge in [-0.2, -0.15) is 0 Å². The van der Waals surface area contributed by atoms with Crippen molar-refractivity contribution < 1.29 is 19.1 Å². The van der Waals surface area contributed by atoms with Crippen LogP contribution in [0.2, 0.25) is 5.02 Å². The van der Waals surface area contributed by atoms with Crippen LogP contribution in [-0.2, 0) is 20.7 Å². The molecule has 1 aromatic heterocycles. The molecule has 29 heavy (non-hydrogen) atoms. The van der Waals surface area contributed by atoms with Crippen molar-refractivity contribution >= 4 is 40.1 Å². The molecule has 0 saturated heterocycles. The van der Waals surface area contributed by atoms with Gasteiger partial charge in [-0.05, 0) is 30.3 Å². The number of rotatable bonds is 7. The van der Waals surface area contributed by atoms with Gasteiger partial charge in [0, 0.05) is 11.4 Å². The lowest BCUT2D eigenvalue weighted by molar-refractivity contribution is -0.147. The molecule has 0 aliphatic rings. The highest BCUT2D eigenvalue weighted by molar-refractivity contribution is 6.31. The second-order valence-corrected chi connectivity index (χ2v) is 6.52. The van der Waals surface area contributed by atoms with E-state index >= 15 is 0 Å². The zero-order valence-electron chi connectivity index (χ0n) is 15.5. The number of fused-ring (bicyclic) bond motifs is 1. The maximum Gasteiger partial charge on any atom is 0.306 e. The van der Waals surface area contributed by atoms with Gasteiger partial charge in [0.2, 0.25) is 0 Å². The van der Waals surface area contributed by atoms with Gasteiger partial charge in [0.05, 0.1) is 30.1 Å². The van der Waals surface area contributed by atoms with Gasteiger partial charge in [-0.3, -0.25) is 14.4 Å². The van der Waals surface area contributed by atoms with Crippen LogP contribution in [-0.4, -0.2) is 35.6 Å². The molecule has 1 heterocycles. The Kier molecular flexibility index (Phi) is 6.46. The molecule has 8 nitrogen and oxygen atoms in total. The van der Waals surface area contributed by atoms with E-state index in [1.807, 2.05) is 0 Å². The Hall–Kier alpha value is -3.39. The minimum atomic E-state index is -0.589. The second-order valence-electron chi connectivity index (χ2n) is 6.08. The number of methoxy groups -OCH3 is 1. The first-order chi connectivity index (χ1) is 14.0. The molecule has 0 aliphatic heterocycles. The normalized spacial score (nSPS) is 10.6. The van der Waals surface area contributed by atoms with Crippen LogP contribution in [0.4, 0.5) is 5.69 Å². The van der Waals surface area contributed by atoms with Crippen LogP contribution < -0.4 is 15.6 Å². The van der Waals surface area contributed by atoms with Gasteiger partial charge in [-0.15, -0.1) is 0 Å². The molecular formula is C20H18ClN3O5. The van der Waals surface area contributed by atoms with Crippen molar-refractivity contribution in [3.8, 4) is 5.75 Å². The Morgan fingerprint density at radius 2 is 2.00 bits per heavy atom. The van der Waals surface area contributed by atoms with Crippen molar-refractivity contribution in [3.63, 3.8) is 0 Å². The molecule has 0 unspecified atom stereocenters. The number of carbonyl (C=O) groups excluding carboxylic acids is 2. The number of nitrogens with one attached hydrogen (secondary N) is 2. The van der Waals surface area contributed by atoms with E-state index in [9.17, 15) is 14.4 Å². The number of nitrogens with zero attached hydrogens (tertiary/aromatic N) is 1. The Labute approximate surface area is 170 Å². The predicted molar refractivity (Wildman–Crippen MR) is 108 cm³/mol. The number of halogens is 1. The summed E-state index contributed by atoms with van der Waals surface area (Å²) in [4.78, 5) is 42.9. The van der Waals surface area contributed by atoms with Gasteiger partial charge in [0.1, 0.15) is 11.6 Å². The van der Waals surface area contributed by atoms with Gasteiger partial charge in [0.15, 0.2) is 6.61 Å². The van der Waals surface area contributed by atoms with E-state index in [4.69, 9.17) is 21.1 Å². The third-order valence-corrected chi connectivity index (χ3v) is 4.26.